The first-order valence-electron chi connectivity index (χ1n) is 8.33. The summed E-state index contributed by atoms with van der Waals surface area (Å²) in [5.74, 6) is -0.0426. The predicted octanol–water partition coefficient (Wildman–Crippen LogP) is 3.48. The van der Waals surface area contributed by atoms with Gasteiger partial charge in [0.2, 0.25) is 5.91 Å². The van der Waals surface area contributed by atoms with Crippen LogP contribution in [0.25, 0.3) is 5.65 Å². The summed E-state index contributed by atoms with van der Waals surface area (Å²) in [6.45, 7) is -1.09. The second kappa shape index (κ2) is 8.83. The quantitative estimate of drug-likeness (QED) is 0.652. The molecule has 146 valence electrons. The van der Waals surface area contributed by atoms with Crippen LogP contribution in [-0.2, 0) is 10.5 Å². The number of amides is 1. The van der Waals surface area contributed by atoms with Crippen LogP contribution in [0.15, 0.2) is 53.5 Å². The number of para-hydroxylation sites is 2. The van der Waals surface area contributed by atoms with Crippen molar-refractivity contribution < 1.29 is 18.3 Å². The number of thioether (sulfide) groups is 1. The Morgan fingerprint density at radius 3 is 2.86 bits per heavy atom. The number of ether oxygens (including phenoxy) is 1. The standard InChI is InChI=1S/C19H17F2N3O3S/c1-12-6-7-16-22-13(8-18(26)24(16)9-12)10-28-11-17(25)23-14-4-2-3-5-15(14)27-19(20)21/h2-9,19H,10-11H2,1H3,(H,23,25). The number of benzene rings is 1. The van der Waals surface area contributed by atoms with Gasteiger partial charge in [0.25, 0.3) is 5.56 Å². The molecule has 3 rings (SSSR count). The van der Waals surface area contributed by atoms with Gasteiger partial charge in [-0.2, -0.15) is 8.78 Å². The molecule has 0 unspecified atom stereocenters. The van der Waals surface area contributed by atoms with E-state index >= 15 is 0 Å². The monoisotopic (exact) mass is 405 g/mol. The summed E-state index contributed by atoms with van der Waals surface area (Å²) in [7, 11) is 0. The zero-order valence-electron chi connectivity index (χ0n) is 14.9. The number of rotatable bonds is 7. The van der Waals surface area contributed by atoms with E-state index in [1.165, 1.54) is 40.4 Å². The number of nitrogens with zero attached hydrogens (tertiary/aromatic N) is 2. The highest BCUT2D eigenvalue weighted by Crippen LogP contribution is 2.25. The van der Waals surface area contributed by atoms with Crippen LogP contribution in [0.2, 0.25) is 0 Å². The molecular formula is C19H17F2N3O3S. The number of halogens is 2. The lowest BCUT2D eigenvalue weighted by molar-refractivity contribution is -0.113. The maximum atomic E-state index is 12.4. The van der Waals surface area contributed by atoms with Gasteiger partial charge in [0, 0.05) is 18.0 Å². The van der Waals surface area contributed by atoms with E-state index in [1.807, 2.05) is 13.0 Å². The van der Waals surface area contributed by atoms with Crippen molar-refractivity contribution in [3.05, 3.63) is 70.3 Å². The van der Waals surface area contributed by atoms with Crippen LogP contribution in [0.1, 0.15) is 11.3 Å². The average Bonchev–Trinajstić information content (AvgIpc) is 2.64. The molecule has 1 amide bonds. The number of anilines is 1. The minimum Gasteiger partial charge on any atom is -0.433 e. The van der Waals surface area contributed by atoms with E-state index in [0.717, 1.165) is 5.56 Å². The SMILES string of the molecule is Cc1ccc2nc(CSCC(=O)Nc3ccccc3OC(F)F)cc(=O)n2c1. The number of hydrogen-bond donors (Lipinski definition) is 1. The van der Waals surface area contributed by atoms with Crippen molar-refractivity contribution in [2.75, 3.05) is 11.1 Å². The minimum atomic E-state index is -2.98. The number of nitrogens with one attached hydrogen (secondary N) is 1. The Morgan fingerprint density at radius 1 is 1.29 bits per heavy atom. The Kier molecular flexibility index (Phi) is 6.25. The molecule has 0 aliphatic rings. The van der Waals surface area contributed by atoms with Gasteiger partial charge in [-0.1, -0.05) is 18.2 Å². The number of pyridine rings is 1. The molecule has 0 atom stereocenters. The summed E-state index contributed by atoms with van der Waals surface area (Å²) in [5.41, 5.74) is 2.04. The Morgan fingerprint density at radius 2 is 2.07 bits per heavy atom. The molecule has 28 heavy (non-hydrogen) atoms. The Labute approximate surface area is 163 Å². The van der Waals surface area contributed by atoms with Crippen LogP contribution in [0.3, 0.4) is 0 Å². The van der Waals surface area contributed by atoms with E-state index in [2.05, 4.69) is 15.0 Å². The Balaban J connectivity index is 1.60. The largest absolute Gasteiger partial charge is 0.433 e. The van der Waals surface area contributed by atoms with Gasteiger partial charge < -0.3 is 10.1 Å². The number of fused-ring (bicyclic) bond motifs is 1. The third-order valence-corrected chi connectivity index (χ3v) is 4.69. The molecular weight excluding hydrogens is 388 g/mol. The minimum absolute atomic E-state index is 0.0674. The normalized spacial score (nSPS) is 11.0. The van der Waals surface area contributed by atoms with Crippen LogP contribution in [0, 0.1) is 6.92 Å². The molecule has 2 aromatic heterocycles. The fourth-order valence-electron chi connectivity index (χ4n) is 2.54. The van der Waals surface area contributed by atoms with Crippen molar-refractivity contribution >= 4 is 29.0 Å². The highest BCUT2D eigenvalue weighted by atomic mass is 32.2. The van der Waals surface area contributed by atoms with E-state index in [-0.39, 0.29) is 28.7 Å². The molecule has 6 nitrogen and oxygen atoms in total. The number of aromatic nitrogens is 2. The fourth-order valence-corrected chi connectivity index (χ4v) is 3.25. The molecule has 2 heterocycles. The van der Waals surface area contributed by atoms with Crippen LogP contribution in [-0.4, -0.2) is 27.7 Å². The molecule has 0 aliphatic heterocycles. The second-order valence-electron chi connectivity index (χ2n) is 5.94. The smallest absolute Gasteiger partial charge is 0.387 e. The number of hydrogen-bond acceptors (Lipinski definition) is 5. The molecule has 0 fully saturated rings. The van der Waals surface area contributed by atoms with Crippen molar-refractivity contribution in [1.82, 2.24) is 9.38 Å². The van der Waals surface area contributed by atoms with Crippen molar-refractivity contribution in [3.8, 4) is 5.75 Å². The summed E-state index contributed by atoms with van der Waals surface area (Å²) in [4.78, 5) is 28.7. The maximum Gasteiger partial charge on any atom is 0.387 e. The highest BCUT2D eigenvalue weighted by molar-refractivity contribution is 7.99. The van der Waals surface area contributed by atoms with E-state index in [1.54, 1.807) is 18.3 Å². The first kappa shape index (κ1) is 19.8. The molecule has 0 saturated carbocycles. The van der Waals surface area contributed by atoms with Gasteiger partial charge in [0.1, 0.15) is 11.4 Å². The molecule has 0 spiro atoms. The third-order valence-electron chi connectivity index (χ3n) is 3.72. The first-order chi connectivity index (χ1) is 13.4. The van der Waals surface area contributed by atoms with Gasteiger partial charge >= 0.3 is 6.61 Å². The second-order valence-corrected chi connectivity index (χ2v) is 6.92. The molecule has 0 bridgehead atoms. The number of alkyl halides is 2. The van der Waals surface area contributed by atoms with Gasteiger partial charge in [-0.15, -0.1) is 11.8 Å². The van der Waals surface area contributed by atoms with Gasteiger partial charge in [-0.25, -0.2) is 4.98 Å². The molecule has 0 radical (unpaired) electrons. The summed E-state index contributed by atoms with van der Waals surface area (Å²) in [6.07, 6.45) is 1.72. The van der Waals surface area contributed by atoms with Crippen molar-refractivity contribution in [3.63, 3.8) is 0 Å². The van der Waals surface area contributed by atoms with Crippen molar-refractivity contribution in [2.24, 2.45) is 0 Å². The average molecular weight is 405 g/mol. The zero-order chi connectivity index (χ0) is 20.1. The summed E-state index contributed by atoms with van der Waals surface area (Å²) >= 11 is 1.26. The third kappa shape index (κ3) is 5.07. The topological polar surface area (TPSA) is 72.7 Å². The Bertz CT molecular complexity index is 1060. The molecule has 9 heteroatoms. The molecule has 0 saturated heterocycles. The van der Waals surface area contributed by atoms with E-state index < -0.39 is 6.61 Å². The van der Waals surface area contributed by atoms with Gasteiger partial charge in [-0.05, 0) is 30.7 Å². The van der Waals surface area contributed by atoms with Gasteiger partial charge in [-0.3, -0.25) is 14.0 Å². The fraction of sp³-hybridized carbons (Fsp3) is 0.211. The predicted molar refractivity (Wildman–Crippen MR) is 104 cm³/mol. The Hall–Kier alpha value is -2.94. The number of carbonyl (C=O) groups excluding carboxylic acids is 1. The van der Waals surface area contributed by atoms with Crippen molar-refractivity contribution in [2.45, 2.75) is 19.3 Å². The van der Waals surface area contributed by atoms with Crippen LogP contribution in [0.4, 0.5) is 14.5 Å². The summed E-state index contributed by atoms with van der Waals surface area (Å²) in [5, 5.41) is 2.55. The maximum absolute atomic E-state index is 12.4. The van der Waals surface area contributed by atoms with Gasteiger partial charge in [0.15, 0.2) is 0 Å². The summed E-state index contributed by atoms with van der Waals surface area (Å²) in [6, 6.07) is 11.0. The van der Waals surface area contributed by atoms with E-state index in [0.29, 0.717) is 17.1 Å². The molecule has 1 N–H and O–H groups in total. The lowest BCUT2D eigenvalue weighted by atomic mass is 10.3. The van der Waals surface area contributed by atoms with E-state index in [9.17, 15) is 18.4 Å². The first-order valence-corrected chi connectivity index (χ1v) is 9.48. The van der Waals surface area contributed by atoms with Gasteiger partial charge in [0.05, 0.1) is 17.1 Å². The van der Waals surface area contributed by atoms with Crippen molar-refractivity contribution in [1.29, 1.82) is 0 Å². The van der Waals surface area contributed by atoms with Crippen LogP contribution in [0.5, 0.6) is 5.75 Å². The highest BCUT2D eigenvalue weighted by Gasteiger charge is 2.12. The lowest BCUT2D eigenvalue weighted by Gasteiger charge is -2.11. The molecule has 1 aromatic carbocycles. The van der Waals surface area contributed by atoms with E-state index in [4.69, 9.17) is 0 Å². The summed E-state index contributed by atoms with van der Waals surface area (Å²) < 4.78 is 30.7. The van der Waals surface area contributed by atoms with Crippen LogP contribution >= 0.6 is 11.8 Å². The molecule has 3 aromatic rings. The zero-order valence-corrected chi connectivity index (χ0v) is 15.7. The number of carbonyl (C=O) groups is 1. The number of aryl methyl sites for hydroxylation is 1. The molecule has 0 aliphatic carbocycles. The lowest BCUT2D eigenvalue weighted by Crippen LogP contribution is -2.17. The van der Waals surface area contributed by atoms with Crippen LogP contribution < -0.4 is 15.6 Å².